The second-order valence-corrected chi connectivity index (χ2v) is 8.34. The summed E-state index contributed by atoms with van der Waals surface area (Å²) < 4.78 is 40.2. The van der Waals surface area contributed by atoms with E-state index < -0.39 is 23.5 Å². The zero-order valence-electron chi connectivity index (χ0n) is 15.6. The summed E-state index contributed by atoms with van der Waals surface area (Å²) in [6.07, 6.45) is 2.46. The molecule has 2 heterocycles. The molecular formula is C19H25F3N4O2. The smallest absolute Gasteiger partial charge is 0.354 e. The van der Waals surface area contributed by atoms with Gasteiger partial charge in [-0.1, -0.05) is 12.8 Å². The lowest BCUT2D eigenvalue weighted by atomic mass is 9.91. The number of amides is 2. The fourth-order valence-corrected chi connectivity index (χ4v) is 4.37. The Balaban J connectivity index is 1.42. The molecule has 1 atom stereocenters. The molecule has 1 aliphatic heterocycles. The summed E-state index contributed by atoms with van der Waals surface area (Å²) in [6.45, 7) is 0.752. The molecular weight excluding hydrogens is 373 g/mol. The van der Waals surface area contributed by atoms with E-state index in [1.165, 1.54) is 6.20 Å². The van der Waals surface area contributed by atoms with Crippen LogP contribution in [0.25, 0.3) is 0 Å². The lowest BCUT2D eigenvalue weighted by molar-refractivity contribution is -0.147. The predicted octanol–water partition coefficient (Wildman–Crippen LogP) is 2.42. The summed E-state index contributed by atoms with van der Waals surface area (Å²) in [5, 5.41) is 5.95. The Kier molecular flexibility index (Phi) is 4.87. The number of hydrogen-bond acceptors (Lipinski definition) is 3. The number of carbonyl (C=O) groups is 2. The van der Waals surface area contributed by atoms with Gasteiger partial charge in [0.15, 0.2) is 0 Å². The molecule has 0 saturated heterocycles. The summed E-state index contributed by atoms with van der Waals surface area (Å²) in [6, 6.07) is 0. The number of alkyl halides is 3. The van der Waals surface area contributed by atoms with Crippen molar-refractivity contribution in [2.75, 3.05) is 6.54 Å². The first-order chi connectivity index (χ1) is 13.3. The molecule has 4 rings (SSSR count). The van der Waals surface area contributed by atoms with Gasteiger partial charge in [0.05, 0.1) is 0 Å². The third-order valence-electron chi connectivity index (χ3n) is 6.22. The largest absolute Gasteiger partial charge is 0.449 e. The highest BCUT2D eigenvalue weighted by Gasteiger charge is 2.45. The zero-order chi connectivity index (χ0) is 19.9. The quantitative estimate of drug-likeness (QED) is 0.800. The van der Waals surface area contributed by atoms with Gasteiger partial charge in [0.1, 0.15) is 5.54 Å². The van der Waals surface area contributed by atoms with Crippen molar-refractivity contribution in [1.82, 2.24) is 20.2 Å². The maximum Gasteiger partial charge on any atom is 0.449 e. The molecule has 3 aliphatic rings. The van der Waals surface area contributed by atoms with E-state index in [-0.39, 0.29) is 24.8 Å². The first kappa shape index (κ1) is 19.3. The Labute approximate surface area is 161 Å². The number of imidazole rings is 1. The minimum atomic E-state index is -4.50. The van der Waals surface area contributed by atoms with Gasteiger partial charge in [0.25, 0.3) is 0 Å². The molecule has 0 bridgehead atoms. The lowest BCUT2D eigenvalue weighted by Crippen LogP contribution is -2.58. The number of aromatic nitrogens is 2. The summed E-state index contributed by atoms with van der Waals surface area (Å²) in [5.74, 6) is -1.17. The van der Waals surface area contributed by atoms with Crippen LogP contribution in [0.5, 0.6) is 0 Å². The van der Waals surface area contributed by atoms with Gasteiger partial charge in [0, 0.05) is 37.3 Å². The fourth-order valence-electron chi connectivity index (χ4n) is 4.37. The van der Waals surface area contributed by atoms with Crippen LogP contribution < -0.4 is 10.6 Å². The monoisotopic (exact) mass is 398 g/mol. The van der Waals surface area contributed by atoms with E-state index in [0.29, 0.717) is 37.4 Å². The minimum Gasteiger partial charge on any atom is -0.354 e. The number of carbonyl (C=O) groups excluding carboxylic acids is 2. The number of fused-ring (bicyclic) bond motifs is 1. The summed E-state index contributed by atoms with van der Waals surface area (Å²) in [7, 11) is 0. The Bertz CT molecular complexity index is 764. The van der Waals surface area contributed by atoms with Crippen molar-refractivity contribution in [3.63, 3.8) is 0 Å². The number of rotatable bonds is 5. The van der Waals surface area contributed by atoms with E-state index in [9.17, 15) is 22.8 Å². The van der Waals surface area contributed by atoms with E-state index in [2.05, 4.69) is 15.6 Å². The topological polar surface area (TPSA) is 76.0 Å². The lowest BCUT2D eigenvalue weighted by Gasteiger charge is -2.32. The average Bonchev–Trinajstić information content (AvgIpc) is 3.17. The molecule has 0 spiro atoms. The van der Waals surface area contributed by atoms with Crippen LogP contribution in [0.3, 0.4) is 0 Å². The van der Waals surface area contributed by atoms with Gasteiger partial charge in [-0.15, -0.1) is 0 Å². The van der Waals surface area contributed by atoms with Crippen LogP contribution in [-0.4, -0.2) is 33.4 Å². The van der Waals surface area contributed by atoms with Crippen LogP contribution in [0.15, 0.2) is 6.20 Å². The highest BCUT2D eigenvalue weighted by Crippen LogP contribution is 2.34. The average molecular weight is 398 g/mol. The van der Waals surface area contributed by atoms with Crippen LogP contribution in [0.1, 0.15) is 56.5 Å². The van der Waals surface area contributed by atoms with Gasteiger partial charge in [-0.3, -0.25) is 9.59 Å². The molecule has 1 aromatic heterocycles. The Hall–Kier alpha value is -2.06. The van der Waals surface area contributed by atoms with E-state index in [1.807, 2.05) is 0 Å². The number of hydrogen-bond donors (Lipinski definition) is 2. The molecule has 9 heteroatoms. The second-order valence-electron chi connectivity index (χ2n) is 8.34. The highest BCUT2D eigenvalue weighted by atomic mass is 19.4. The van der Waals surface area contributed by atoms with Gasteiger partial charge >= 0.3 is 6.18 Å². The molecule has 0 radical (unpaired) electrons. The van der Waals surface area contributed by atoms with Gasteiger partial charge in [-0.25, -0.2) is 4.98 Å². The van der Waals surface area contributed by atoms with Gasteiger partial charge < -0.3 is 15.2 Å². The molecule has 2 aliphatic carbocycles. The third-order valence-corrected chi connectivity index (χ3v) is 6.22. The van der Waals surface area contributed by atoms with E-state index in [1.54, 1.807) is 0 Å². The highest BCUT2D eigenvalue weighted by molar-refractivity contribution is 5.92. The van der Waals surface area contributed by atoms with Gasteiger partial charge in [0.2, 0.25) is 17.6 Å². The van der Waals surface area contributed by atoms with Crippen molar-refractivity contribution >= 4 is 11.8 Å². The predicted molar refractivity (Wildman–Crippen MR) is 94.1 cm³/mol. The second kappa shape index (κ2) is 7.08. The van der Waals surface area contributed by atoms with Crippen LogP contribution in [0.4, 0.5) is 13.2 Å². The van der Waals surface area contributed by atoms with Crippen LogP contribution >= 0.6 is 0 Å². The molecule has 2 fully saturated rings. The number of halogens is 3. The van der Waals surface area contributed by atoms with Crippen molar-refractivity contribution in [1.29, 1.82) is 0 Å². The molecule has 6 nitrogen and oxygen atoms in total. The van der Waals surface area contributed by atoms with Gasteiger partial charge in [-0.2, -0.15) is 13.2 Å². The molecule has 28 heavy (non-hydrogen) atoms. The van der Waals surface area contributed by atoms with Crippen molar-refractivity contribution in [3.05, 3.63) is 17.7 Å². The normalized spacial score (nSPS) is 23.9. The third kappa shape index (κ3) is 3.75. The Morgan fingerprint density at radius 1 is 1.21 bits per heavy atom. The standard InChI is InChI=1S/C19H25F3N4O2/c20-19(21,22)16-23-11-14-9-13(5-8-26(14)16)15(27)25-18(6-1-2-7-18)17(28)24-10-12-3-4-12/h11-13H,1-10H2,(H,24,28)(H,25,27). The minimum absolute atomic E-state index is 0.100. The van der Waals surface area contributed by atoms with E-state index >= 15 is 0 Å². The Morgan fingerprint density at radius 3 is 2.57 bits per heavy atom. The van der Waals surface area contributed by atoms with Crippen molar-refractivity contribution in [2.45, 2.75) is 69.6 Å². The van der Waals surface area contributed by atoms with Crippen molar-refractivity contribution < 1.29 is 22.8 Å². The molecule has 1 aromatic rings. The molecule has 2 amide bonds. The maximum atomic E-state index is 13.0. The zero-order valence-corrected chi connectivity index (χ0v) is 15.6. The number of nitrogens with zero attached hydrogens (tertiary/aromatic N) is 2. The van der Waals surface area contributed by atoms with E-state index in [0.717, 1.165) is 30.3 Å². The summed E-state index contributed by atoms with van der Waals surface area (Å²) in [5.41, 5.74) is -0.460. The fraction of sp³-hybridized carbons (Fsp3) is 0.737. The van der Waals surface area contributed by atoms with Crippen LogP contribution in [-0.2, 0) is 28.7 Å². The first-order valence-electron chi connectivity index (χ1n) is 10.0. The van der Waals surface area contributed by atoms with Crippen molar-refractivity contribution in [2.24, 2.45) is 11.8 Å². The first-order valence-corrected chi connectivity index (χ1v) is 10.0. The molecule has 2 N–H and O–H groups in total. The molecule has 0 aromatic carbocycles. The van der Waals surface area contributed by atoms with Crippen LogP contribution in [0, 0.1) is 11.8 Å². The van der Waals surface area contributed by atoms with E-state index in [4.69, 9.17) is 0 Å². The summed E-state index contributed by atoms with van der Waals surface area (Å²) >= 11 is 0. The van der Waals surface area contributed by atoms with Crippen molar-refractivity contribution in [3.8, 4) is 0 Å². The SMILES string of the molecule is O=C(NC1(C(=O)NCC2CC2)CCCC1)C1CCn2c(cnc2C(F)(F)F)C1. The summed E-state index contributed by atoms with van der Waals surface area (Å²) in [4.78, 5) is 29.1. The molecule has 154 valence electrons. The molecule has 1 unspecified atom stereocenters. The maximum absolute atomic E-state index is 13.0. The Morgan fingerprint density at radius 2 is 1.93 bits per heavy atom. The van der Waals surface area contributed by atoms with Gasteiger partial charge in [-0.05, 0) is 38.0 Å². The van der Waals surface area contributed by atoms with Crippen LogP contribution in [0.2, 0.25) is 0 Å². The number of nitrogens with one attached hydrogen (secondary N) is 2. The molecule has 2 saturated carbocycles.